The molecule has 19 heavy (non-hydrogen) atoms. The topological polar surface area (TPSA) is 67.2 Å². The highest BCUT2D eigenvalue weighted by molar-refractivity contribution is 14.1. The molecule has 2 rings (SSSR count). The summed E-state index contributed by atoms with van der Waals surface area (Å²) in [7, 11) is 1.73. The van der Waals surface area contributed by atoms with E-state index < -0.39 is 4.92 Å². The molecule has 98 valence electrons. The van der Waals surface area contributed by atoms with Crippen LogP contribution in [0.15, 0.2) is 42.5 Å². The van der Waals surface area contributed by atoms with Gasteiger partial charge in [-0.3, -0.25) is 10.1 Å². The van der Waals surface area contributed by atoms with Crippen molar-refractivity contribution < 1.29 is 4.92 Å². The third-order valence-electron chi connectivity index (χ3n) is 2.55. The Hall–Kier alpha value is -1.83. The zero-order chi connectivity index (χ0) is 13.8. The molecule has 5 nitrogen and oxygen atoms in total. The number of anilines is 3. The average Bonchev–Trinajstić information content (AvgIpc) is 2.41. The fraction of sp³-hybridized carbons (Fsp3) is 0.0769. The Bertz CT molecular complexity index is 599. The SMILES string of the molecule is CNc1cc(Nc2ccc(I)cc2)cc([N+](=O)[O-])c1. The summed E-state index contributed by atoms with van der Waals surface area (Å²) in [5, 5.41) is 16.9. The lowest BCUT2D eigenvalue weighted by atomic mass is 10.2. The molecule has 0 bridgehead atoms. The van der Waals surface area contributed by atoms with Crippen LogP contribution in [0.5, 0.6) is 0 Å². The van der Waals surface area contributed by atoms with E-state index >= 15 is 0 Å². The molecule has 0 saturated heterocycles. The second kappa shape index (κ2) is 5.87. The molecule has 0 amide bonds. The van der Waals surface area contributed by atoms with Crippen LogP contribution in [0.3, 0.4) is 0 Å². The number of nitro groups is 1. The van der Waals surface area contributed by atoms with E-state index in [0.717, 1.165) is 9.26 Å². The predicted octanol–water partition coefficient (Wildman–Crippen LogP) is 3.98. The van der Waals surface area contributed by atoms with Crippen molar-refractivity contribution in [1.29, 1.82) is 0 Å². The van der Waals surface area contributed by atoms with E-state index in [-0.39, 0.29) is 5.69 Å². The number of hydrogen-bond donors (Lipinski definition) is 2. The Morgan fingerprint density at radius 2 is 1.68 bits per heavy atom. The number of nitro benzene ring substituents is 1. The molecule has 0 aliphatic rings. The van der Waals surface area contributed by atoms with Crippen LogP contribution < -0.4 is 10.6 Å². The molecule has 6 heteroatoms. The van der Waals surface area contributed by atoms with Crippen LogP contribution in [-0.4, -0.2) is 12.0 Å². The summed E-state index contributed by atoms with van der Waals surface area (Å²) in [6.45, 7) is 0. The fourth-order valence-electron chi connectivity index (χ4n) is 1.63. The summed E-state index contributed by atoms with van der Waals surface area (Å²) >= 11 is 2.23. The van der Waals surface area contributed by atoms with E-state index in [4.69, 9.17) is 0 Å². The molecule has 0 spiro atoms. The number of nitrogens with one attached hydrogen (secondary N) is 2. The summed E-state index contributed by atoms with van der Waals surface area (Å²) in [6, 6.07) is 12.6. The molecular formula is C13H12IN3O2. The van der Waals surface area contributed by atoms with E-state index in [9.17, 15) is 10.1 Å². The maximum atomic E-state index is 10.9. The summed E-state index contributed by atoms with van der Waals surface area (Å²) < 4.78 is 1.14. The van der Waals surface area contributed by atoms with E-state index in [2.05, 4.69) is 33.2 Å². The molecule has 0 aliphatic carbocycles. The minimum atomic E-state index is -0.403. The van der Waals surface area contributed by atoms with Gasteiger partial charge in [-0.05, 0) is 52.9 Å². The van der Waals surface area contributed by atoms with Gasteiger partial charge in [0.15, 0.2) is 0 Å². The van der Waals surface area contributed by atoms with Gasteiger partial charge in [-0.2, -0.15) is 0 Å². The maximum Gasteiger partial charge on any atom is 0.273 e. The van der Waals surface area contributed by atoms with E-state index in [1.54, 1.807) is 7.05 Å². The molecule has 0 unspecified atom stereocenters. The van der Waals surface area contributed by atoms with Crippen LogP contribution in [0, 0.1) is 13.7 Å². The van der Waals surface area contributed by atoms with Gasteiger partial charge in [0.2, 0.25) is 0 Å². The smallest absolute Gasteiger partial charge is 0.273 e. The lowest BCUT2D eigenvalue weighted by Crippen LogP contribution is -1.96. The van der Waals surface area contributed by atoms with E-state index in [1.807, 2.05) is 30.3 Å². The van der Waals surface area contributed by atoms with Gasteiger partial charge in [0.1, 0.15) is 0 Å². The van der Waals surface area contributed by atoms with Crippen molar-refractivity contribution in [2.45, 2.75) is 0 Å². The molecule has 0 saturated carbocycles. The first-order valence-corrected chi connectivity index (χ1v) is 6.66. The van der Waals surface area contributed by atoms with Crippen LogP contribution in [0.25, 0.3) is 0 Å². The molecule has 2 aromatic carbocycles. The van der Waals surface area contributed by atoms with Crippen molar-refractivity contribution in [2.24, 2.45) is 0 Å². The first kappa shape index (κ1) is 13.6. The maximum absolute atomic E-state index is 10.9. The summed E-state index contributed by atoms with van der Waals surface area (Å²) in [5.74, 6) is 0. The minimum absolute atomic E-state index is 0.0554. The molecule has 0 radical (unpaired) electrons. The molecule has 0 atom stereocenters. The lowest BCUT2D eigenvalue weighted by molar-refractivity contribution is -0.384. The van der Waals surface area contributed by atoms with Crippen molar-refractivity contribution in [3.05, 3.63) is 56.1 Å². The van der Waals surface area contributed by atoms with E-state index in [1.165, 1.54) is 12.1 Å². The Labute approximate surface area is 124 Å². The number of rotatable bonds is 4. The number of non-ortho nitro benzene ring substituents is 1. The quantitative estimate of drug-likeness (QED) is 0.486. The second-order valence-electron chi connectivity index (χ2n) is 3.91. The average molecular weight is 369 g/mol. The number of halogens is 1. The van der Waals surface area contributed by atoms with Gasteiger partial charge in [-0.25, -0.2) is 0 Å². The normalized spacial score (nSPS) is 10.0. The number of benzene rings is 2. The first-order valence-electron chi connectivity index (χ1n) is 5.58. The molecule has 0 fully saturated rings. The molecule has 2 aromatic rings. The van der Waals surface area contributed by atoms with Crippen LogP contribution in [-0.2, 0) is 0 Å². The zero-order valence-electron chi connectivity index (χ0n) is 10.2. The van der Waals surface area contributed by atoms with Crippen molar-refractivity contribution in [3.8, 4) is 0 Å². The van der Waals surface area contributed by atoms with Gasteiger partial charge >= 0.3 is 0 Å². The molecule has 0 aromatic heterocycles. The van der Waals surface area contributed by atoms with Crippen LogP contribution in [0.1, 0.15) is 0 Å². The summed E-state index contributed by atoms with van der Waals surface area (Å²) in [5.41, 5.74) is 2.32. The minimum Gasteiger partial charge on any atom is -0.388 e. The predicted molar refractivity (Wildman–Crippen MR) is 85.1 cm³/mol. The van der Waals surface area contributed by atoms with Crippen molar-refractivity contribution in [3.63, 3.8) is 0 Å². The number of nitrogens with zero attached hydrogens (tertiary/aromatic N) is 1. The van der Waals surface area contributed by atoms with Crippen LogP contribution in [0.2, 0.25) is 0 Å². The van der Waals surface area contributed by atoms with Crippen LogP contribution in [0.4, 0.5) is 22.7 Å². The van der Waals surface area contributed by atoms with E-state index in [0.29, 0.717) is 11.4 Å². The third-order valence-corrected chi connectivity index (χ3v) is 3.27. The molecule has 0 heterocycles. The highest BCUT2D eigenvalue weighted by Crippen LogP contribution is 2.26. The Morgan fingerprint density at radius 3 is 2.26 bits per heavy atom. The lowest BCUT2D eigenvalue weighted by Gasteiger charge is -2.08. The fourth-order valence-corrected chi connectivity index (χ4v) is 1.99. The van der Waals surface area contributed by atoms with Gasteiger partial charge in [-0.1, -0.05) is 0 Å². The Morgan fingerprint density at radius 1 is 1.05 bits per heavy atom. The second-order valence-corrected chi connectivity index (χ2v) is 5.15. The van der Waals surface area contributed by atoms with Gasteiger partial charge < -0.3 is 10.6 Å². The summed E-state index contributed by atoms with van der Waals surface area (Å²) in [4.78, 5) is 10.5. The summed E-state index contributed by atoms with van der Waals surface area (Å²) in [6.07, 6.45) is 0. The highest BCUT2D eigenvalue weighted by Gasteiger charge is 2.09. The monoisotopic (exact) mass is 369 g/mol. The Balaban J connectivity index is 2.31. The van der Waals surface area contributed by atoms with Crippen molar-refractivity contribution >= 4 is 45.3 Å². The third kappa shape index (κ3) is 3.57. The molecule has 2 N–H and O–H groups in total. The first-order chi connectivity index (χ1) is 9.08. The number of hydrogen-bond acceptors (Lipinski definition) is 4. The van der Waals surface area contributed by atoms with Crippen molar-refractivity contribution in [1.82, 2.24) is 0 Å². The van der Waals surface area contributed by atoms with Gasteiger partial charge in [0.25, 0.3) is 5.69 Å². The highest BCUT2D eigenvalue weighted by atomic mass is 127. The Kier molecular flexibility index (Phi) is 4.20. The zero-order valence-corrected chi connectivity index (χ0v) is 12.3. The van der Waals surface area contributed by atoms with Gasteiger partial charge in [0, 0.05) is 39.8 Å². The molecular weight excluding hydrogens is 357 g/mol. The van der Waals surface area contributed by atoms with Gasteiger partial charge in [-0.15, -0.1) is 0 Å². The van der Waals surface area contributed by atoms with Gasteiger partial charge in [0.05, 0.1) is 4.92 Å². The van der Waals surface area contributed by atoms with Crippen molar-refractivity contribution in [2.75, 3.05) is 17.7 Å². The molecule has 0 aliphatic heterocycles. The standard InChI is InChI=1S/C13H12IN3O2/c1-15-11-6-12(8-13(7-11)17(18)19)16-10-4-2-9(14)3-5-10/h2-8,15-16H,1H3. The van der Waals surface area contributed by atoms with Crippen LogP contribution >= 0.6 is 22.6 Å². The largest absolute Gasteiger partial charge is 0.388 e.